The summed E-state index contributed by atoms with van der Waals surface area (Å²) in [6.45, 7) is 3.95. The number of halogens is 1. The van der Waals surface area contributed by atoms with Crippen LogP contribution in [0.4, 0.5) is 4.39 Å². The number of fused-ring (bicyclic) bond motifs is 1. The van der Waals surface area contributed by atoms with Crippen LogP contribution in [0.3, 0.4) is 0 Å². The summed E-state index contributed by atoms with van der Waals surface area (Å²) in [5.41, 5.74) is 2.35. The Labute approximate surface area is 149 Å². The zero-order valence-corrected chi connectivity index (χ0v) is 14.4. The van der Waals surface area contributed by atoms with Crippen molar-refractivity contribution in [1.29, 1.82) is 0 Å². The smallest absolute Gasteiger partial charge is 0.274 e. The molecule has 0 unspecified atom stereocenters. The number of hydrogen-bond acceptors (Lipinski definition) is 5. The zero-order chi connectivity index (χ0) is 18.1. The van der Waals surface area contributed by atoms with E-state index in [0.717, 1.165) is 31.6 Å². The van der Waals surface area contributed by atoms with Gasteiger partial charge in [-0.3, -0.25) is 4.79 Å². The standard InChI is InChI=1S/C17H20FN7O/c1-10-16(23-24-25(10)12-4-6-19-7-5-12)17(26)20-9-15-21-13-3-2-11(18)8-14(13)22-15/h2-3,8,12,19H,4-7,9H2,1H3,(H,20,26)(H,21,22). The van der Waals surface area contributed by atoms with Crippen molar-refractivity contribution in [2.24, 2.45) is 0 Å². The fourth-order valence-electron chi connectivity index (χ4n) is 3.31. The van der Waals surface area contributed by atoms with Gasteiger partial charge >= 0.3 is 0 Å². The molecule has 1 saturated heterocycles. The fraction of sp³-hybridized carbons (Fsp3) is 0.412. The normalized spacial score (nSPS) is 15.5. The first-order valence-corrected chi connectivity index (χ1v) is 8.66. The third-order valence-electron chi connectivity index (χ3n) is 4.71. The zero-order valence-electron chi connectivity index (χ0n) is 14.4. The lowest BCUT2D eigenvalue weighted by atomic mass is 10.1. The van der Waals surface area contributed by atoms with Gasteiger partial charge in [0.25, 0.3) is 5.91 Å². The molecule has 0 bridgehead atoms. The second-order valence-electron chi connectivity index (χ2n) is 6.48. The van der Waals surface area contributed by atoms with Gasteiger partial charge in [-0.25, -0.2) is 14.1 Å². The van der Waals surface area contributed by atoms with Gasteiger partial charge in [0.1, 0.15) is 11.6 Å². The average Bonchev–Trinajstić information content (AvgIpc) is 3.23. The molecule has 0 atom stereocenters. The highest BCUT2D eigenvalue weighted by atomic mass is 19.1. The molecule has 3 N–H and O–H groups in total. The fourth-order valence-corrected chi connectivity index (χ4v) is 3.31. The van der Waals surface area contributed by atoms with Gasteiger partial charge in [0.2, 0.25) is 0 Å². The Balaban J connectivity index is 1.45. The number of carbonyl (C=O) groups is 1. The van der Waals surface area contributed by atoms with Crippen molar-refractivity contribution in [2.75, 3.05) is 13.1 Å². The van der Waals surface area contributed by atoms with Crippen molar-refractivity contribution in [1.82, 2.24) is 35.6 Å². The number of aromatic nitrogens is 5. The molecule has 1 fully saturated rings. The predicted octanol–water partition coefficient (Wildman–Crippen LogP) is 1.46. The van der Waals surface area contributed by atoms with E-state index >= 15 is 0 Å². The highest BCUT2D eigenvalue weighted by Gasteiger charge is 2.22. The van der Waals surface area contributed by atoms with Crippen LogP contribution in [0.5, 0.6) is 0 Å². The summed E-state index contributed by atoms with van der Waals surface area (Å²) in [6.07, 6.45) is 1.95. The third-order valence-corrected chi connectivity index (χ3v) is 4.71. The molecule has 0 spiro atoms. The number of H-pyrrole nitrogens is 1. The van der Waals surface area contributed by atoms with E-state index in [1.807, 2.05) is 11.6 Å². The minimum atomic E-state index is -0.332. The topological polar surface area (TPSA) is 101 Å². The number of benzene rings is 1. The van der Waals surface area contributed by atoms with E-state index in [2.05, 4.69) is 30.9 Å². The second-order valence-corrected chi connectivity index (χ2v) is 6.48. The maximum atomic E-state index is 13.2. The summed E-state index contributed by atoms with van der Waals surface area (Å²) in [6, 6.07) is 4.60. The Morgan fingerprint density at radius 1 is 1.38 bits per heavy atom. The molecular weight excluding hydrogens is 337 g/mol. The lowest BCUT2D eigenvalue weighted by Gasteiger charge is -2.23. The van der Waals surface area contributed by atoms with E-state index in [4.69, 9.17) is 0 Å². The molecule has 1 aliphatic heterocycles. The summed E-state index contributed by atoms with van der Waals surface area (Å²) in [5.74, 6) is -0.0708. The number of hydrogen-bond donors (Lipinski definition) is 3. The van der Waals surface area contributed by atoms with Gasteiger partial charge in [0.15, 0.2) is 5.69 Å². The highest BCUT2D eigenvalue weighted by Crippen LogP contribution is 2.20. The van der Waals surface area contributed by atoms with Crippen molar-refractivity contribution in [3.05, 3.63) is 41.2 Å². The molecule has 4 rings (SSSR count). The van der Waals surface area contributed by atoms with Crippen molar-refractivity contribution in [3.63, 3.8) is 0 Å². The molecule has 3 aromatic rings. The van der Waals surface area contributed by atoms with Gasteiger partial charge in [-0.15, -0.1) is 5.10 Å². The molecule has 8 nitrogen and oxygen atoms in total. The number of nitrogens with one attached hydrogen (secondary N) is 3. The Hall–Kier alpha value is -2.81. The molecule has 3 heterocycles. The first-order chi connectivity index (χ1) is 12.6. The number of piperidine rings is 1. The van der Waals surface area contributed by atoms with Gasteiger partial charge in [0, 0.05) is 0 Å². The largest absolute Gasteiger partial charge is 0.343 e. The lowest BCUT2D eigenvalue weighted by molar-refractivity contribution is 0.0944. The van der Waals surface area contributed by atoms with Crippen LogP contribution in [0.25, 0.3) is 11.0 Å². The third kappa shape index (κ3) is 3.17. The van der Waals surface area contributed by atoms with Gasteiger partial charge in [-0.1, -0.05) is 5.21 Å². The minimum absolute atomic E-state index is 0.203. The molecule has 1 aliphatic rings. The number of carbonyl (C=O) groups excluding carboxylic acids is 1. The molecule has 0 aliphatic carbocycles. The molecule has 9 heteroatoms. The van der Waals surface area contributed by atoms with Gasteiger partial charge in [-0.05, 0) is 51.1 Å². The van der Waals surface area contributed by atoms with Crippen LogP contribution < -0.4 is 10.6 Å². The summed E-state index contributed by atoms with van der Waals surface area (Å²) in [7, 11) is 0. The number of amides is 1. The lowest BCUT2D eigenvalue weighted by Crippen LogP contribution is -2.30. The maximum Gasteiger partial charge on any atom is 0.274 e. The van der Waals surface area contributed by atoms with Crippen LogP contribution in [0, 0.1) is 12.7 Å². The van der Waals surface area contributed by atoms with E-state index in [1.54, 1.807) is 6.07 Å². The molecule has 0 radical (unpaired) electrons. The number of nitrogens with zero attached hydrogens (tertiary/aromatic N) is 4. The van der Waals surface area contributed by atoms with Crippen LogP contribution in [0.1, 0.15) is 40.9 Å². The summed E-state index contributed by atoms with van der Waals surface area (Å²) >= 11 is 0. The van der Waals surface area contributed by atoms with Crippen LogP contribution in [-0.2, 0) is 6.54 Å². The van der Waals surface area contributed by atoms with Crippen molar-refractivity contribution in [3.8, 4) is 0 Å². The van der Waals surface area contributed by atoms with Crippen LogP contribution in [0.15, 0.2) is 18.2 Å². The van der Waals surface area contributed by atoms with Crippen molar-refractivity contribution in [2.45, 2.75) is 32.4 Å². The SMILES string of the molecule is Cc1c(C(=O)NCc2nc3ccc(F)cc3[nH]2)nnn1C1CCNCC1. The summed E-state index contributed by atoms with van der Waals surface area (Å²) in [4.78, 5) is 19.8. The number of rotatable bonds is 4. The Bertz CT molecular complexity index is 942. The second kappa shape index (κ2) is 6.83. The molecule has 1 aromatic carbocycles. The minimum Gasteiger partial charge on any atom is -0.343 e. The quantitative estimate of drug-likeness (QED) is 0.656. The van der Waals surface area contributed by atoms with Crippen LogP contribution in [0.2, 0.25) is 0 Å². The van der Waals surface area contributed by atoms with Gasteiger partial charge < -0.3 is 15.6 Å². The van der Waals surface area contributed by atoms with E-state index < -0.39 is 0 Å². The van der Waals surface area contributed by atoms with E-state index in [9.17, 15) is 9.18 Å². The van der Waals surface area contributed by atoms with Gasteiger partial charge in [0.05, 0.1) is 29.3 Å². The van der Waals surface area contributed by atoms with E-state index in [0.29, 0.717) is 22.6 Å². The Kier molecular flexibility index (Phi) is 4.37. The molecule has 0 saturated carbocycles. The Morgan fingerprint density at radius 2 is 2.19 bits per heavy atom. The molecule has 136 valence electrons. The van der Waals surface area contributed by atoms with Crippen LogP contribution >= 0.6 is 0 Å². The van der Waals surface area contributed by atoms with E-state index in [-0.39, 0.29) is 24.3 Å². The monoisotopic (exact) mass is 357 g/mol. The first-order valence-electron chi connectivity index (χ1n) is 8.66. The van der Waals surface area contributed by atoms with E-state index in [1.165, 1.54) is 12.1 Å². The number of imidazole rings is 1. The molecule has 1 amide bonds. The molecular formula is C17H20FN7O. The number of aromatic amines is 1. The first kappa shape index (κ1) is 16.6. The summed E-state index contributed by atoms with van der Waals surface area (Å²) in [5, 5.41) is 14.3. The highest BCUT2D eigenvalue weighted by molar-refractivity contribution is 5.93. The predicted molar refractivity (Wildman–Crippen MR) is 93.1 cm³/mol. The Morgan fingerprint density at radius 3 is 3.00 bits per heavy atom. The maximum absolute atomic E-state index is 13.2. The average molecular weight is 357 g/mol. The van der Waals surface area contributed by atoms with Crippen molar-refractivity contribution < 1.29 is 9.18 Å². The van der Waals surface area contributed by atoms with Crippen LogP contribution in [-0.4, -0.2) is 44.0 Å². The van der Waals surface area contributed by atoms with Crippen molar-refractivity contribution >= 4 is 16.9 Å². The van der Waals surface area contributed by atoms with Gasteiger partial charge in [-0.2, -0.15) is 0 Å². The summed E-state index contributed by atoms with van der Waals surface area (Å²) < 4.78 is 15.1. The molecule has 2 aromatic heterocycles. The molecule has 26 heavy (non-hydrogen) atoms.